The molecule has 0 radical (unpaired) electrons. The van der Waals surface area contributed by atoms with Crippen LogP contribution in [-0.4, -0.2) is 41.1 Å². The molecular formula is C45H44Cl2N4O6S. The van der Waals surface area contributed by atoms with Crippen LogP contribution >= 0.6 is 23.2 Å². The van der Waals surface area contributed by atoms with Crippen LogP contribution in [0.3, 0.4) is 0 Å². The number of nitrogens with one attached hydrogen (secondary N) is 2. The number of amides is 1. The number of hydrogen-bond donors (Lipinski definition) is 3. The average molecular weight is 840 g/mol. The van der Waals surface area contributed by atoms with Crippen LogP contribution in [0.2, 0.25) is 10.3 Å². The van der Waals surface area contributed by atoms with Crippen molar-refractivity contribution in [2.75, 3.05) is 0 Å². The maximum absolute atomic E-state index is 13.6. The van der Waals surface area contributed by atoms with E-state index in [0.29, 0.717) is 11.7 Å². The number of aliphatic hydroxyl groups excluding tert-OH is 1. The minimum Gasteiger partial charge on any atom is -0.392 e. The Morgan fingerprint density at radius 2 is 1.52 bits per heavy atom. The number of benzene rings is 5. The fourth-order valence-corrected chi connectivity index (χ4v) is 8.52. The van der Waals surface area contributed by atoms with Crippen molar-refractivity contribution in [2.45, 2.75) is 69.4 Å². The number of ether oxygens (including phenoxy) is 2. The Labute approximate surface area is 348 Å². The third-order valence-corrected chi connectivity index (χ3v) is 12.6. The van der Waals surface area contributed by atoms with Crippen molar-refractivity contribution in [1.29, 1.82) is 0 Å². The van der Waals surface area contributed by atoms with Crippen LogP contribution in [0.4, 0.5) is 0 Å². The molecular weight excluding hydrogens is 795 g/mol. The highest BCUT2D eigenvalue weighted by Crippen LogP contribution is 2.43. The molecule has 1 fully saturated rings. The average Bonchev–Trinajstić information content (AvgIpc) is 3.56. The van der Waals surface area contributed by atoms with E-state index in [-0.39, 0.29) is 47.7 Å². The molecule has 5 atom stereocenters. The Morgan fingerprint density at radius 1 is 0.828 bits per heavy atom. The van der Waals surface area contributed by atoms with Gasteiger partial charge in [-0.15, -0.1) is 0 Å². The Balaban J connectivity index is 1.06. The van der Waals surface area contributed by atoms with E-state index in [4.69, 9.17) is 32.7 Å². The first-order chi connectivity index (χ1) is 28.0. The number of imidazole rings is 1. The van der Waals surface area contributed by atoms with Crippen LogP contribution in [-0.2, 0) is 50.4 Å². The molecule has 1 aromatic heterocycles. The molecule has 0 aliphatic carbocycles. The fraction of sp³-hybridized carbons (Fsp3) is 0.244. The zero-order valence-corrected chi connectivity index (χ0v) is 34.3. The molecule has 1 saturated heterocycles. The molecule has 300 valence electrons. The summed E-state index contributed by atoms with van der Waals surface area (Å²) < 4.78 is 44.3. The maximum Gasteiger partial charge on any atom is 0.241 e. The van der Waals surface area contributed by atoms with Gasteiger partial charge in [0.25, 0.3) is 0 Å². The van der Waals surface area contributed by atoms with Gasteiger partial charge in [-0.05, 0) is 64.9 Å². The molecule has 2 heterocycles. The van der Waals surface area contributed by atoms with Crippen LogP contribution in [0, 0.1) is 12.8 Å². The molecule has 0 bridgehead atoms. The smallest absolute Gasteiger partial charge is 0.241 e. The highest BCUT2D eigenvalue weighted by atomic mass is 35.5. The lowest BCUT2D eigenvalue weighted by molar-refractivity contribution is -0.276. The highest BCUT2D eigenvalue weighted by Gasteiger charge is 2.39. The van der Waals surface area contributed by atoms with Gasteiger partial charge in [0.1, 0.15) is 11.2 Å². The van der Waals surface area contributed by atoms with Crippen molar-refractivity contribution < 1.29 is 27.8 Å². The summed E-state index contributed by atoms with van der Waals surface area (Å²) in [6.07, 6.45) is 0.471. The van der Waals surface area contributed by atoms with Crippen LogP contribution in [0.5, 0.6) is 0 Å². The number of nitrogens with zero attached hydrogens (tertiary/aromatic N) is 2. The Bertz CT molecular complexity index is 2430. The van der Waals surface area contributed by atoms with Gasteiger partial charge in [0.05, 0.1) is 36.6 Å². The van der Waals surface area contributed by atoms with Gasteiger partial charge in [-0.25, -0.2) is 13.4 Å². The predicted octanol–water partition coefficient (Wildman–Crippen LogP) is 8.36. The van der Waals surface area contributed by atoms with Crippen LogP contribution in [0.25, 0.3) is 11.1 Å². The second-order valence-corrected chi connectivity index (χ2v) is 16.9. The van der Waals surface area contributed by atoms with Crippen LogP contribution < -0.4 is 10.0 Å². The third-order valence-electron chi connectivity index (χ3n) is 10.4. The molecule has 58 heavy (non-hydrogen) atoms. The van der Waals surface area contributed by atoms with Crippen LogP contribution in [0.15, 0.2) is 139 Å². The first kappa shape index (κ1) is 41.3. The summed E-state index contributed by atoms with van der Waals surface area (Å²) >= 11 is 12.6. The van der Waals surface area contributed by atoms with Gasteiger partial charge < -0.3 is 24.5 Å². The molecule has 0 saturated carbocycles. The van der Waals surface area contributed by atoms with E-state index >= 15 is 0 Å². The molecule has 13 heteroatoms. The van der Waals surface area contributed by atoms with Crippen molar-refractivity contribution in [3.05, 3.63) is 177 Å². The van der Waals surface area contributed by atoms with Crippen molar-refractivity contribution >= 4 is 39.1 Å². The van der Waals surface area contributed by atoms with Gasteiger partial charge in [0.2, 0.25) is 15.9 Å². The van der Waals surface area contributed by atoms with E-state index in [0.717, 1.165) is 44.5 Å². The molecule has 6 aromatic rings. The summed E-state index contributed by atoms with van der Waals surface area (Å²) in [5.41, 5.74) is 7.09. The number of sulfonamides is 1. The summed E-state index contributed by atoms with van der Waals surface area (Å²) in [6, 6.07) is 38.3. The number of rotatable bonds is 14. The summed E-state index contributed by atoms with van der Waals surface area (Å²) in [4.78, 5) is 17.9. The number of aromatic nitrogens is 2. The Kier molecular flexibility index (Phi) is 13.1. The Morgan fingerprint density at radius 3 is 2.19 bits per heavy atom. The topological polar surface area (TPSA) is 132 Å². The van der Waals surface area contributed by atoms with Gasteiger partial charge in [-0.2, -0.15) is 4.72 Å². The third kappa shape index (κ3) is 9.87. The summed E-state index contributed by atoms with van der Waals surface area (Å²) in [6.45, 7) is 4.51. The molecule has 7 rings (SSSR count). The van der Waals surface area contributed by atoms with E-state index in [1.54, 1.807) is 23.0 Å². The monoisotopic (exact) mass is 838 g/mol. The van der Waals surface area contributed by atoms with E-state index in [9.17, 15) is 18.3 Å². The van der Waals surface area contributed by atoms with Gasteiger partial charge in [0.15, 0.2) is 11.4 Å². The van der Waals surface area contributed by atoms with E-state index < -0.39 is 28.3 Å². The minimum atomic E-state index is -3.97. The highest BCUT2D eigenvalue weighted by molar-refractivity contribution is 7.89. The van der Waals surface area contributed by atoms with Gasteiger partial charge in [-0.1, -0.05) is 145 Å². The molecule has 1 aliphatic heterocycles. The number of carbonyl (C=O) groups excluding carboxylic acids is 1. The van der Waals surface area contributed by atoms with Gasteiger partial charge in [0, 0.05) is 18.0 Å². The van der Waals surface area contributed by atoms with Gasteiger partial charge in [-0.3, -0.25) is 4.79 Å². The SMILES string of the molecule is Cc1ccc(S(=O)(=O)N[C@H](Cc2ccccc2)C(=O)NCc2cccc(-c3ccc([C@H]4O[C@@H](Cn5cnc(Cl)c5Cl)[C@@H](C)[C@@H](c5ccc(CO)cc5)O4)cc3)c2)cc1. The standard InChI is InChI=1S/C45H44Cl2N4O6S/c1-29-11-21-38(22-12-29)58(54,55)50-39(24-31-7-4-3-5-8-31)44(53)48-25-33-9-6-10-37(23-33)34-17-19-36(20-18-34)45-56-40(26-51-28-49-42(46)43(51)47)30(2)41(57-45)35-15-13-32(27-52)14-16-35/h3-23,28,30,39-41,45,50,52H,24-27H2,1-2H3,(H,48,53)/t30-,39-,40+,41+,45+/m1/s1. The molecule has 0 unspecified atom stereocenters. The second kappa shape index (κ2) is 18.4. The zero-order chi connectivity index (χ0) is 40.8. The van der Waals surface area contributed by atoms with E-state index in [2.05, 4.69) is 21.9 Å². The maximum atomic E-state index is 13.6. The van der Waals surface area contributed by atoms with Gasteiger partial charge >= 0.3 is 0 Å². The van der Waals surface area contributed by atoms with Crippen molar-refractivity contribution in [2.24, 2.45) is 5.92 Å². The summed E-state index contributed by atoms with van der Waals surface area (Å²) in [7, 11) is -3.97. The fourth-order valence-electron chi connectivity index (χ4n) is 7.01. The number of aryl methyl sites for hydroxylation is 1. The number of carbonyl (C=O) groups is 1. The number of aliphatic hydroxyl groups is 1. The quantitative estimate of drug-likeness (QED) is 0.101. The van der Waals surface area contributed by atoms with E-state index in [1.807, 2.05) is 110 Å². The van der Waals surface area contributed by atoms with Crippen LogP contribution in [0.1, 0.15) is 52.7 Å². The predicted molar refractivity (Wildman–Crippen MR) is 224 cm³/mol. The molecule has 3 N–H and O–H groups in total. The number of halogens is 2. The normalized spacial score (nSPS) is 18.8. The number of hydrogen-bond acceptors (Lipinski definition) is 7. The van der Waals surface area contributed by atoms with Crippen molar-refractivity contribution in [3.8, 4) is 11.1 Å². The molecule has 5 aromatic carbocycles. The largest absolute Gasteiger partial charge is 0.392 e. The minimum absolute atomic E-state index is 0.0480. The van der Waals surface area contributed by atoms with E-state index in [1.165, 1.54) is 12.1 Å². The first-order valence-corrected chi connectivity index (χ1v) is 21.2. The second-order valence-electron chi connectivity index (χ2n) is 14.5. The lowest BCUT2D eigenvalue weighted by Gasteiger charge is -2.41. The molecule has 1 amide bonds. The molecule has 10 nitrogen and oxygen atoms in total. The summed E-state index contributed by atoms with van der Waals surface area (Å²) in [5, 5.41) is 13.1. The lowest BCUT2D eigenvalue weighted by Crippen LogP contribution is -2.47. The first-order valence-electron chi connectivity index (χ1n) is 18.9. The lowest BCUT2D eigenvalue weighted by atomic mass is 9.90. The zero-order valence-electron chi connectivity index (χ0n) is 32.0. The molecule has 1 aliphatic rings. The summed E-state index contributed by atoms with van der Waals surface area (Å²) in [5.74, 6) is -0.506. The van der Waals surface area contributed by atoms with Crippen molar-refractivity contribution in [1.82, 2.24) is 19.6 Å². The Hall–Kier alpha value is -4.85. The molecule has 0 spiro atoms. The van der Waals surface area contributed by atoms with Crippen molar-refractivity contribution in [3.63, 3.8) is 0 Å².